The van der Waals surface area contributed by atoms with Crippen molar-refractivity contribution in [3.63, 3.8) is 0 Å². The lowest BCUT2D eigenvalue weighted by molar-refractivity contribution is -0.242. The topological polar surface area (TPSA) is 87.6 Å². The first-order valence-corrected chi connectivity index (χ1v) is 13.8. The van der Waals surface area contributed by atoms with Gasteiger partial charge in [0.1, 0.15) is 24.4 Å². The molecule has 0 fully saturated rings. The summed E-state index contributed by atoms with van der Waals surface area (Å²) in [5.41, 5.74) is 10.3. The van der Waals surface area contributed by atoms with Gasteiger partial charge in [0.2, 0.25) is 0 Å². The number of hydrogen-bond acceptors (Lipinski definition) is 6. The van der Waals surface area contributed by atoms with Crippen LogP contribution >= 0.6 is 11.3 Å². The fourth-order valence-electron chi connectivity index (χ4n) is 4.14. The lowest BCUT2D eigenvalue weighted by Crippen LogP contribution is -2.51. The molecule has 0 amide bonds. The molecule has 5 nitrogen and oxygen atoms in total. The molecule has 2 atom stereocenters. The van der Waals surface area contributed by atoms with Crippen LogP contribution in [0.2, 0.25) is 0 Å². The molecule has 1 heterocycles. The average molecular weight is 565 g/mol. The molecule has 3 aromatic rings. The molecule has 0 spiro atoms. The van der Waals surface area contributed by atoms with Crippen LogP contribution in [0, 0.1) is 10.8 Å². The minimum absolute atomic E-state index is 0.297. The van der Waals surface area contributed by atoms with Crippen LogP contribution < -0.4 is 16.2 Å². The van der Waals surface area contributed by atoms with Gasteiger partial charge >= 0.3 is 12.1 Å². The zero-order chi connectivity index (χ0) is 29.2. The van der Waals surface area contributed by atoms with E-state index in [0.29, 0.717) is 12.2 Å². The van der Waals surface area contributed by atoms with E-state index in [-0.39, 0.29) is 0 Å². The second-order valence-corrected chi connectivity index (χ2v) is 12.8. The third-order valence-electron chi connectivity index (χ3n) is 7.12. The molecule has 0 radical (unpaired) electrons. The second-order valence-electron chi connectivity index (χ2n) is 11.8. The van der Waals surface area contributed by atoms with Gasteiger partial charge in [-0.15, -0.1) is 11.3 Å². The zero-order valence-corrected chi connectivity index (χ0v) is 24.3. The van der Waals surface area contributed by atoms with Crippen molar-refractivity contribution in [3.05, 3.63) is 54.1 Å². The number of aryl methyl sites for hydroxylation is 1. The maximum Gasteiger partial charge on any atom is 0.400 e. The highest BCUT2D eigenvalue weighted by atomic mass is 32.1. The average Bonchev–Trinajstić information content (AvgIpc) is 3.27. The Labute approximate surface area is 232 Å². The number of benzene rings is 2. The fourth-order valence-corrected chi connectivity index (χ4v) is 5.29. The van der Waals surface area contributed by atoms with Crippen LogP contribution in [0.5, 0.6) is 5.75 Å². The Bertz CT molecular complexity index is 1300. The molecule has 39 heavy (non-hydrogen) atoms. The van der Waals surface area contributed by atoms with E-state index in [2.05, 4.69) is 25.1 Å². The number of esters is 1. The van der Waals surface area contributed by atoms with Crippen molar-refractivity contribution in [2.75, 3.05) is 13.2 Å². The van der Waals surface area contributed by atoms with E-state index in [9.17, 15) is 18.0 Å². The number of carbonyl (C=O) groups is 1. The fraction of sp³-hybridized carbons (Fsp3) is 0.500. The zero-order valence-electron chi connectivity index (χ0n) is 23.4. The van der Waals surface area contributed by atoms with E-state index >= 15 is 0 Å². The van der Waals surface area contributed by atoms with Gasteiger partial charge in [-0.1, -0.05) is 31.2 Å². The maximum absolute atomic E-state index is 14.1. The van der Waals surface area contributed by atoms with Crippen molar-refractivity contribution in [1.82, 2.24) is 0 Å². The third kappa shape index (κ3) is 7.32. The molecule has 0 bridgehead atoms. The highest BCUT2D eigenvalue weighted by Crippen LogP contribution is 2.41. The molecule has 4 N–H and O–H groups in total. The number of thiophene rings is 1. The number of fused-ring (bicyclic) bond motifs is 1. The third-order valence-corrected chi connectivity index (χ3v) is 8.25. The Morgan fingerprint density at radius 2 is 1.67 bits per heavy atom. The van der Waals surface area contributed by atoms with Gasteiger partial charge in [-0.2, -0.15) is 13.2 Å². The van der Waals surface area contributed by atoms with Gasteiger partial charge in [-0.05, 0) is 88.2 Å². The molecular weight excluding hydrogens is 525 g/mol. The molecular formula is C30H39F3N2O3S. The molecule has 0 aliphatic carbocycles. The van der Waals surface area contributed by atoms with Crippen molar-refractivity contribution in [2.24, 2.45) is 22.3 Å². The molecule has 0 aliphatic heterocycles. The van der Waals surface area contributed by atoms with Gasteiger partial charge < -0.3 is 20.9 Å². The maximum atomic E-state index is 14.1. The van der Waals surface area contributed by atoms with Crippen LogP contribution in [0.3, 0.4) is 0 Å². The van der Waals surface area contributed by atoms with Gasteiger partial charge in [-0.25, -0.2) is 0 Å². The second kappa shape index (κ2) is 11.5. The summed E-state index contributed by atoms with van der Waals surface area (Å²) in [5.74, 6) is -0.497. The quantitative estimate of drug-likeness (QED) is 0.243. The number of nitrogens with two attached hydrogens (primary N) is 2. The smallest absolute Gasteiger partial charge is 0.400 e. The molecule has 3 rings (SSSR count). The van der Waals surface area contributed by atoms with Crippen molar-refractivity contribution in [2.45, 2.75) is 72.1 Å². The lowest BCUT2D eigenvalue weighted by Gasteiger charge is -2.36. The largest absolute Gasteiger partial charge is 0.492 e. The van der Waals surface area contributed by atoms with Gasteiger partial charge in [0, 0.05) is 21.2 Å². The summed E-state index contributed by atoms with van der Waals surface area (Å²) in [6.07, 6.45) is -3.48. The molecule has 9 heteroatoms. The standard InChI is InChI=1S/C30H39F3N2O3S/c1-7-19-10-8-9-11-22(19)24-14-20-12-13-21(15-23(20)39-24)37-17-29(6,30(31,32)33)18-38-26(36)28(4,5)25(34)16-27(2,3)35/h8-15,25H,7,16-18,34-35H2,1-6H3. The van der Waals surface area contributed by atoms with Gasteiger partial charge in [0.25, 0.3) is 0 Å². The summed E-state index contributed by atoms with van der Waals surface area (Å²) in [4.78, 5) is 13.9. The van der Waals surface area contributed by atoms with Crippen LogP contribution in [-0.4, -0.2) is 36.9 Å². The molecule has 2 aromatic carbocycles. The van der Waals surface area contributed by atoms with E-state index in [0.717, 1.165) is 33.9 Å². The summed E-state index contributed by atoms with van der Waals surface area (Å²) in [7, 11) is 0. The summed E-state index contributed by atoms with van der Waals surface area (Å²) in [6, 6.07) is 14.8. The number of halogens is 3. The van der Waals surface area contributed by atoms with Crippen LogP contribution in [-0.2, 0) is 16.0 Å². The Kier molecular flexibility index (Phi) is 9.09. The molecule has 1 aromatic heterocycles. The minimum atomic E-state index is -4.68. The van der Waals surface area contributed by atoms with E-state index in [1.54, 1.807) is 51.2 Å². The number of alkyl halides is 3. The minimum Gasteiger partial charge on any atom is -0.492 e. The Morgan fingerprint density at radius 3 is 2.28 bits per heavy atom. The van der Waals surface area contributed by atoms with Crippen molar-refractivity contribution in [3.8, 4) is 16.2 Å². The number of rotatable bonds is 11. The predicted octanol–water partition coefficient (Wildman–Crippen LogP) is 7.10. The molecule has 2 unspecified atom stereocenters. The summed E-state index contributed by atoms with van der Waals surface area (Å²) < 4.78 is 54.2. The Balaban J connectivity index is 1.74. The van der Waals surface area contributed by atoms with Crippen LogP contribution in [0.4, 0.5) is 13.2 Å². The molecule has 0 aliphatic rings. The van der Waals surface area contributed by atoms with Crippen LogP contribution in [0.15, 0.2) is 48.5 Å². The first-order valence-electron chi connectivity index (χ1n) is 13.0. The monoisotopic (exact) mass is 564 g/mol. The number of ether oxygens (including phenoxy) is 2. The highest BCUT2D eigenvalue weighted by Gasteiger charge is 2.53. The van der Waals surface area contributed by atoms with Crippen molar-refractivity contribution < 1.29 is 27.4 Å². The highest BCUT2D eigenvalue weighted by molar-refractivity contribution is 7.22. The van der Waals surface area contributed by atoms with Crippen LogP contribution in [0.1, 0.15) is 53.5 Å². The lowest BCUT2D eigenvalue weighted by atomic mass is 9.79. The first kappa shape index (κ1) is 30.9. The van der Waals surface area contributed by atoms with Crippen molar-refractivity contribution in [1.29, 1.82) is 0 Å². The Hall–Kier alpha value is -2.62. The SMILES string of the molecule is CCc1ccccc1-c1cc2ccc(OCC(C)(COC(=O)C(C)(C)C(N)CC(C)(C)N)C(F)(F)F)cc2s1. The number of carbonyl (C=O) groups excluding carboxylic acids is 1. The predicted molar refractivity (Wildman–Crippen MR) is 152 cm³/mol. The van der Waals surface area contributed by atoms with E-state index in [1.807, 2.05) is 18.2 Å². The van der Waals surface area contributed by atoms with Crippen LogP contribution in [0.25, 0.3) is 20.5 Å². The molecule has 214 valence electrons. The van der Waals surface area contributed by atoms with Gasteiger partial charge in [-0.3, -0.25) is 4.79 Å². The normalized spacial score (nSPS) is 15.2. The Morgan fingerprint density at radius 1 is 1.00 bits per heavy atom. The summed E-state index contributed by atoms with van der Waals surface area (Å²) >= 11 is 1.56. The van der Waals surface area contributed by atoms with E-state index in [1.165, 1.54) is 5.56 Å². The molecule has 0 saturated heterocycles. The van der Waals surface area contributed by atoms with Gasteiger partial charge in [0.15, 0.2) is 0 Å². The summed E-state index contributed by atoms with van der Waals surface area (Å²) in [5, 5.41) is 0.986. The summed E-state index contributed by atoms with van der Waals surface area (Å²) in [6.45, 7) is 8.12. The number of hydrogen-bond donors (Lipinski definition) is 2. The van der Waals surface area contributed by atoms with Crippen molar-refractivity contribution >= 4 is 27.4 Å². The van der Waals surface area contributed by atoms with E-state index < -0.39 is 47.8 Å². The molecule has 0 saturated carbocycles. The van der Waals surface area contributed by atoms with Gasteiger partial charge in [0.05, 0.1) is 5.41 Å². The first-order chi connectivity index (χ1) is 18.0. The van der Waals surface area contributed by atoms with E-state index in [4.69, 9.17) is 20.9 Å².